The normalized spacial score (nSPS) is 12.5. The standard InChI is InChI=1S/C20H23ClN4O4/c1-5-29-19(27)13(4)24-11-22-17-16(24)18(26)23(10-12(2)3)20(28)25(17)15-9-7-6-8-14(15)21/h6-9,11-13H,5,10H2,1-4H3. The van der Waals surface area contributed by atoms with Gasteiger partial charge in [-0.1, -0.05) is 37.6 Å². The Morgan fingerprint density at radius 1 is 1.21 bits per heavy atom. The molecule has 0 aliphatic rings. The summed E-state index contributed by atoms with van der Waals surface area (Å²) >= 11 is 6.33. The van der Waals surface area contributed by atoms with E-state index in [0.29, 0.717) is 10.7 Å². The van der Waals surface area contributed by atoms with Gasteiger partial charge in [-0.25, -0.2) is 19.1 Å². The monoisotopic (exact) mass is 418 g/mol. The van der Waals surface area contributed by atoms with Gasteiger partial charge in [0, 0.05) is 6.54 Å². The van der Waals surface area contributed by atoms with Gasteiger partial charge >= 0.3 is 11.7 Å². The van der Waals surface area contributed by atoms with E-state index >= 15 is 0 Å². The molecule has 0 N–H and O–H groups in total. The fourth-order valence-corrected chi connectivity index (χ4v) is 3.41. The predicted molar refractivity (Wildman–Crippen MR) is 111 cm³/mol. The summed E-state index contributed by atoms with van der Waals surface area (Å²) in [5.41, 5.74) is -0.334. The lowest BCUT2D eigenvalue weighted by Gasteiger charge is -2.16. The Labute approximate surface area is 172 Å². The van der Waals surface area contributed by atoms with E-state index in [1.54, 1.807) is 38.1 Å². The van der Waals surface area contributed by atoms with Crippen molar-refractivity contribution in [3.63, 3.8) is 0 Å². The number of para-hydroxylation sites is 1. The van der Waals surface area contributed by atoms with Crippen LogP contribution >= 0.6 is 11.6 Å². The molecule has 8 nitrogen and oxygen atoms in total. The second-order valence-electron chi connectivity index (χ2n) is 7.13. The molecule has 0 fully saturated rings. The lowest BCUT2D eigenvalue weighted by molar-refractivity contribution is -0.146. The van der Waals surface area contributed by atoms with Crippen molar-refractivity contribution in [3.05, 3.63) is 56.5 Å². The van der Waals surface area contributed by atoms with Crippen molar-refractivity contribution in [2.24, 2.45) is 5.92 Å². The van der Waals surface area contributed by atoms with Crippen LogP contribution < -0.4 is 11.2 Å². The van der Waals surface area contributed by atoms with E-state index in [0.717, 1.165) is 4.57 Å². The summed E-state index contributed by atoms with van der Waals surface area (Å²) < 4.78 is 9.00. The topological polar surface area (TPSA) is 88.1 Å². The van der Waals surface area contributed by atoms with Crippen LogP contribution in [-0.2, 0) is 16.1 Å². The summed E-state index contributed by atoms with van der Waals surface area (Å²) in [6, 6.07) is 6.05. The maximum Gasteiger partial charge on any atom is 0.337 e. The van der Waals surface area contributed by atoms with Gasteiger partial charge in [-0.3, -0.25) is 9.36 Å². The van der Waals surface area contributed by atoms with Gasteiger partial charge in [0.2, 0.25) is 0 Å². The third-order valence-electron chi connectivity index (χ3n) is 4.54. The van der Waals surface area contributed by atoms with E-state index in [1.807, 2.05) is 13.8 Å². The molecule has 0 bridgehead atoms. The maximum absolute atomic E-state index is 13.2. The first-order valence-electron chi connectivity index (χ1n) is 9.41. The van der Waals surface area contributed by atoms with E-state index in [4.69, 9.17) is 16.3 Å². The number of aromatic nitrogens is 4. The largest absolute Gasteiger partial charge is 0.464 e. The molecule has 29 heavy (non-hydrogen) atoms. The third-order valence-corrected chi connectivity index (χ3v) is 4.86. The number of fused-ring (bicyclic) bond motifs is 1. The molecular weight excluding hydrogens is 396 g/mol. The molecule has 0 saturated heterocycles. The molecule has 3 aromatic rings. The molecule has 0 radical (unpaired) electrons. The van der Waals surface area contributed by atoms with Crippen LogP contribution in [0.25, 0.3) is 16.9 Å². The zero-order valence-corrected chi connectivity index (χ0v) is 17.5. The number of hydrogen-bond donors (Lipinski definition) is 0. The van der Waals surface area contributed by atoms with Crippen LogP contribution in [0.4, 0.5) is 0 Å². The second kappa shape index (κ2) is 8.24. The Morgan fingerprint density at radius 3 is 2.52 bits per heavy atom. The molecule has 0 aliphatic heterocycles. The lowest BCUT2D eigenvalue weighted by Crippen LogP contribution is -2.41. The number of hydrogen-bond acceptors (Lipinski definition) is 5. The summed E-state index contributed by atoms with van der Waals surface area (Å²) in [6.07, 6.45) is 1.38. The number of esters is 1. The molecule has 0 amide bonds. The quantitative estimate of drug-likeness (QED) is 0.574. The fourth-order valence-electron chi connectivity index (χ4n) is 3.19. The first-order valence-corrected chi connectivity index (χ1v) is 9.79. The Bertz CT molecular complexity index is 1180. The van der Waals surface area contributed by atoms with Crippen molar-refractivity contribution in [3.8, 4) is 5.69 Å². The third kappa shape index (κ3) is 3.72. The van der Waals surface area contributed by atoms with Crippen LogP contribution in [0.15, 0.2) is 40.2 Å². The second-order valence-corrected chi connectivity index (χ2v) is 7.54. The summed E-state index contributed by atoms with van der Waals surface area (Å²) in [5.74, 6) is -0.437. The Morgan fingerprint density at radius 2 is 1.90 bits per heavy atom. The Balaban J connectivity index is 2.40. The molecule has 2 heterocycles. The van der Waals surface area contributed by atoms with E-state index in [1.165, 1.54) is 15.5 Å². The summed E-state index contributed by atoms with van der Waals surface area (Å²) in [4.78, 5) is 43.0. The average molecular weight is 419 g/mol. The van der Waals surface area contributed by atoms with E-state index in [-0.39, 0.29) is 30.2 Å². The number of imidazole rings is 1. The number of nitrogens with zero attached hydrogens (tertiary/aromatic N) is 4. The van der Waals surface area contributed by atoms with Crippen molar-refractivity contribution in [2.75, 3.05) is 6.61 Å². The van der Waals surface area contributed by atoms with Crippen molar-refractivity contribution < 1.29 is 9.53 Å². The van der Waals surface area contributed by atoms with Gasteiger partial charge in [-0.2, -0.15) is 0 Å². The van der Waals surface area contributed by atoms with Crippen LogP contribution in [-0.4, -0.2) is 31.3 Å². The first-order chi connectivity index (χ1) is 13.8. The summed E-state index contributed by atoms with van der Waals surface area (Å²) in [7, 11) is 0. The average Bonchev–Trinajstić information content (AvgIpc) is 3.11. The smallest absolute Gasteiger partial charge is 0.337 e. The van der Waals surface area contributed by atoms with Crippen LogP contribution in [0, 0.1) is 5.92 Å². The molecule has 0 aliphatic carbocycles. The molecule has 2 aromatic heterocycles. The van der Waals surface area contributed by atoms with E-state index in [2.05, 4.69) is 4.98 Å². The lowest BCUT2D eigenvalue weighted by atomic mass is 10.2. The van der Waals surface area contributed by atoms with Gasteiger partial charge in [0.05, 0.1) is 23.6 Å². The van der Waals surface area contributed by atoms with Crippen molar-refractivity contribution >= 4 is 28.7 Å². The highest BCUT2D eigenvalue weighted by Crippen LogP contribution is 2.22. The molecule has 154 valence electrons. The zero-order chi connectivity index (χ0) is 21.3. The highest BCUT2D eigenvalue weighted by atomic mass is 35.5. The number of carbonyl (C=O) groups is 1. The first kappa shape index (κ1) is 20.9. The summed E-state index contributed by atoms with van der Waals surface area (Å²) in [6.45, 7) is 7.59. The number of benzene rings is 1. The van der Waals surface area contributed by atoms with Gasteiger partial charge in [0.1, 0.15) is 6.04 Å². The SMILES string of the molecule is CCOC(=O)C(C)n1cnc2c1c(=O)n(CC(C)C)c(=O)n2-c1ccccc1Cl. The summed E-state index contributed by atoms with van der Waals surface area (Å²) in [5, 5.41) is 0.346. The fraction of sp³-hybridized carbons (Fsp3) is 0.400. The number of rotatable bonds is 6. The minimum Gasteiger partial charge on any atom is -0.464 e. The predicted octanol–water partition coefficient (Wildman–Crippen LogP) is 2.78. The van der Waals surface area contributed by atoms with E-state index < -0.39 is 23.3 Å². The molecular formula is C20H23ClN4O4. The molecule has 9 heteroatoms. The highest BCUT2D eigenvalue weighted by Gasteiger charge is 2.25. The van der Waals surface area contributed by atoms with Gasteiger partial charge in [0.15, 0.2) is 11.2 Å². The van der Waals surface area contributed by atoms with Crippen molar-refractivity contribution in [1.82, 2.24) is 18.7 Å². The molecule has 1 unspecified atom stereocenters. The van der Waals surface area contributed by atoms with Crippen LogP contribution in [0.5, 0.6) is 0 Å². The zero-order valence-electron chi connectivity index (χ0n) is 16.8. The van der Waals surface area contributed by atoms with Crippen molar-refractivity contribution in [2.45, 2.75) is 40.3 Å². The van der Waals surface area contributed by atoms with Gasteiger partial charge in [-0.15, -0.1) is 0 Å². The van der Waals surface area contributed by atoms with Crippen LogP contribution in [0.1, 0.15) is 33.7 Å². The Kier molecular flexibility index (Phi) is 5.93. The van der Waals surface area contributed by atoms with Crippen LogP contribution in [0.2, 0.25) is 5.02 Å². The molecule has 0 spiro atoms. The maximum atomic E-state index is 13.2. The van der Waals surface area contributed by atoms with Crippen molar-refractivity contribution in [1.29, 1.82) is 0 Å². The number of ether oxygens (including phenoxy) is 1. The Hall–Kier alpha value is -2.87. The minimum atomic E-state index is -0.780. The molecule has 1 aromatic carbocycles. The van der Waals surface area contributed by atoms with Gasteiger partial charge < -0.3 is 9.30 Å². The highest BCUT2D eigenvalue weighted by molar-refractivity contribution is 6.32. The van der Waals surface area contributed by atoms with E-state index in [9.17, 15) is 14.4 Å². The molecule has 1 atom stereocenters. The van der Waals surface area contributed by atoms with Crippen LogP contribution in [0.3, 0.4) is 0 Å². The number of halogens is 1. The molecule has 0 saturated carbocycles. The minimum absolute atomic E-state index is 0.0522. The number of carbonyl (C=O) groups excluding carboxylic acids is 1. The van der Waals surface area contributed by atoms with Gasteiger partial charge in [-0.05, 0) is 31.9 Å². The molecule has 3 rings (SSSR count). The van der Waals surface area contributed by atoms with Gasteiger partial charge in [0.25, 0.3) is 5.56 Å².